The summed E-state index contributed by atoms with van der Waals surface area (Å²) in [6.07, 6.45) is 2.69. The van der Waals surface area contributed by atoms with E-state index >= 15 is 0 Å². The second-order valence-corrected chi connectivity index (χ2v) is 7.53. The van der Waals surface area contributed by atoms with Gasteiger partial charge in [-0.05, 0) is 49.1 Å². The van der Waals surface area contributed by atoms with E-state index in [0.717, 1.165) is 36.3 Å². The molecule has 1 atom stereocenters. The molecule has 0 radical (unpaired) electrons. The van der Waals surface area contributed by atoms with Gasteiger partial charge in [0, 0.05) is 30.6 Å². The number of anilines is 1. The molecular formula is C22H24N2O3. The van der Waals surface area contributed by atoms with Crippen molar-refractivity contribution in [2.45, 2.75) is 32.3 Å². The third-order valence-electron chi connectivity index (χ3n) is 5.23. The maximum absolute atomic E-state index is 12.9. The molecular weight excluding hydrogens is 340 g/mol. The molecule has 0 aromatic heterocycles. The number of nitrogens with one attached hydrogen (secondary N) is 1. The molecule has 2 aromatic rings. The summed E-state index contributed by atoms with van der Waals surface area (Å²) in [5.74, 6) is 1.01. The molecule has 1 aliphatic carbocycles. The molecule has 140 valence electrons. The summed E-state index contributed by atoms with van der Waals surface area (Å²) in [6.45, 7) is 2.45. The lowest BCUT2D eigenvalue weighted by Crippen LogP contribution is -2.36. The van der Waals surface area contributed by atoms with E-state index in [0.29, 0.717) is 12.1 Å². The smallest absolute Gasteiger partial charge is 0.253 e. The van der Waals surface area contributed by atoms with Crippen LogP contribution in [0.25, 0.3) is 0 Å². The summed E-state index contributed by atoms with van der Waals surface area (Å²) in [5.41, 5.74) is 3.43. The van der Waals surface area contributed by atoms with Gasteiger partial charge in [-0.25, -0.2) is 0 Å². The Hall–Kier alpha value is -2.82. The van der Waals surface area contributed by atoms with Crippen molar-refractivity contribution in [1.29, 1.82) is 0 Å². The van der Waals surface area contributed by atoms with Crippen molar-refractivity contribution < 1.29 is 14.3 Å². The number of ether oxygens (including phenoxy) is 1. The van der Waals surface area contributed by atoms with E-state index in [-0.39, 0.29) is 23.8 Å². The van der Waals surface area contributed by atoms with Crippen LogP contribution in [0.2, 0.25) is 0 Å². The van der Waals surface area contributed by atoms with Gasteiger partial charge < -0.3 is 15.0 Å². The van der Waals surface area contributed by atoms with Crippen LogP contribution in [-0.2, 0) is 11.2 Å². The van der Waals surface area contributed by atoms with Gasteiger partial charge in [-0.2, -0.15) is 0 Å². The molecule has 1 fully saturated rings. The number of carbonyl (C=O) groups excluding carboxylic acids is 2. The first kappa shape index (κ1) is 17.6. The number of para-hydroxylation sites is 1. The van der Waals surface area contributed by atoms with Crippen LogP contribution in [0.3, 0.4) is 0 Å². The average Bonchev–Trinajstić information content (AvgIpc) is 3.43. The summed E-state index contributed by atoms with van der Waals surface area (Å²) >= 11 is 0. The number of carbonyl (C=O) groups is 2. The first-order valence-electron chi connectivity index (χ1n) is 9.43. The molecule has 0 saturated heterocycles. The Labute approximate surface area is 159 Å². The van der Waals surface area contributed by atoms with E-state index in [1.165, 1.54) is 5.56 Å². The summed E-state index contributed by atoms with van der Waals surface area (Å²) in [7, 11) is 1.79. The highest BCUT2D eigenvalue weighted by Gasteiger charge is 2.30. The van der Waals surface area contributed by atoms with Gasteiger partial charge in [0.2, 0.25) is 5.91 Å². The van der Waals surface area contributed by atoms with Crippen LogP contribution in [0, 0.1) is 12.8 Å². The average molecular weight is 364 g/mol. The third kappa shape index (κ3) is 3.82. The second kappa shape index (κ2) is 7.06. The zero-order valence-electron chi connectivity index (χ0n) is 15.7. The van der Waals surface area contributed by atoms with Gasteiger partial charge in [-0.1, -0.05) is 24.3 Å². The van der Waals surface area contributed by atoms with Crippen molar-refractivity contribution >= 4 is 17.5 Å². The summed E-state index contributed by atoms with van der Waals surface area (Å²) in [6, 6.07) is 13.5. The molecule has 2 aliphatic rings. The van der Waals surface area contributed by atoms with Crippen LogP contribution in [0.5, 0.6) is 5.75 Å². The second-order valence-electron chi connectivity index (χ2n) is 7.53. The Bertz CT molecular complexity index is 864. The number of hydrogen-bond acceptors (Lipinski definition) is 3. The molecule has 2 amide bonds. The molecule has 1 saturated carbocycles. The van der Waals surface area contributed by atoms with Crippen molar-refractivity contribution in [3.8, 4) is 5.75 Å². The number of aryl methyl sites for hydroxylation is 1. The molecule has 1 N–H and O–H groups in total. The molecule has 0 unspecified atom stereocenters. The summed E-state index contributed by atoms with van der Waals surface area (Å²) in [5, 5.41) is 2.96. The third-order valence-corrected chi connectivity index (χ3v) is 5.23. The molecule has 5 heteroatoms. The Balaban J connectivity index is 1.42. The number of benzene rings is 2. The van der Waals surface area contributed by atoms with Crippen LogP contribution in [0.15, 0.2) is 42.5 Å². The fourth-order valence-corrected chi connectivity index (χ4v) is 3.43. The van der Waals surface area contributed by atoms with E-state index < -0.39 is 0 Å². The minimum absolute atomic E-state index is 0.0316. The van der Waals surface area contributed by atoms with Gasteiger partial charge in [0.05, 0.1) is 6.54 Å². The standard InChI is InChI=1S/C22H24N2O3/c1-14-7-8-17(12-19(14)23-21(25)15-9-10-15)22(26)24(2)13-18-11-16-5-3-4-6-20(16)27-18/h3-8,12,15,18H,9-11,13H2,1-2H3,(H,23,25)/t18-/m0/s1. The van der Waals surface area contributed by atoms with E-state index in [4.69, 9.17) is 4.74 Å². The van der Waals surface area contributed by atoms with E-state index in [9.17, 15) is 9.59 Å². The fourth-order valence-electron chi connectivity index (χ4n) is 3.43. The predicted molar refractivity (Wildman–Crippen MR) is 104 cm³/mol. The van der Waals surface area contributed by atoms with Gasteiger partial charge in [-0.3, -0.25) is 9.59 Å². The van der Waals surface area contributed by atoms with Crippen LogP contribution in [0.1, 0.15) is 34.3 Å². The molecule has 27 heavy (non-hydrogen) atoms. The van der Waals surface area contributed by atoms with Gasteiger partial charge in [0.15, 0.2) is 0 Å². The molecule has 0 bridgehead atoms. The largest absolute Gasteiger partial charge is 0.488 e. The highest BCUT2D eigenvalue weighted by Crippen LogP contribution is 2.31. The lowest BCUT2D eigenvalue weighted by Gasteiger charge is -2.21. The maximum Gasteiger partial charge on any atom is 0.253 e. The lowest BCUT2D eigenvalue weighted by atomic mass is 10.1. The van der Waals surface area contributed by atoms with E-state index in [2.05, 4.69) is 11.4 Å². The summed E-state index contributed by atoms with van der Waals surface area (Å²) < 4.78 is 5.94. The monoisotopic (exact) mass is 364 g/mol. The fraction of sp³-hybridized carbons (Fsp3) is 0.364. The quantitative estimate of drug-likeness (QED) is 0.884. The van der Waals surface area contributed by atoms with Crippen molar-refractivity contribution in [2.75, 3.05) is 18.9 Å². The first-order valence-corrected chi connectivity index (χ1v) is 9.43. The van der Waals surface area contributed by atoms with Crippen LogP contribution >= 0.6 is 0 Å². The number of nitrogens with zero attached hydrogens (tertiary/aromatic N) is 1. The Morgan fingerprint density at radius 3 is 2.70 bits per heavy atom. The molecule has 1 heterocycles. The minimum atomic E-state index is -0.0727. The van der Waals surface area contributed by atoms with Crippen LogP contribution in [0.4, 0.5) is 5.69 Å². The zero-order valence-corrected chi connectivity index (χ0v) is 15.7. The number of fused-ring (bicyclic) bond motifs is 1. The molecule has 1 aliphatic heterocycles. The number of likely N-dealkylation sites (N-methyl/N-ethyl adjacent to an activating group) is 1. The molecule has 5 nitrogen and oxygen atoms in total. The van der Waals surface area contributed by atoms with Crippen molar-refractivity contribution in [2.24, 2.45) is 5.92 Å². The highest BCUT2D eigenvalue weighted by molar-refractivity contribution is 5.98. The van der Waals surface area contributed by atoms with Gasteiger partial charge in [0.25, 0.3) is 5.91 Å². The highest BCUT2D eigenvalue weighted by atomic mass is 16.5. The predicted octanol–water partition coefficient (Wildman–Crippen LogP) is 3.42. The number of hydrogen-bond donors (Lipinski definition) is 1. The van der Waals surface area contributed by atoms with E-state index in [1.807, 2.05) is 37.3 Å². The van der Waals surface area contributed by atoms with Crippen LogP contribution < -0.4 is 10.1 Å². The van der Waals surface area contributed by atoms with Crippen molar-refractivity contribution in [3.05, 3.63) is 59.2 Å². The van der Waals surface area contributed by atoms with Crippen molar-refractivity contribution in [3.63, 3.8) is 0 Å². The summed E-state index contributed by atoms with van der Waals surface area (Å²) in [4.78, 5) is 26.6. The lowest BCUT2D eigenvalue weighted by molar-refractivity contribution is -0.117. The molecule has 2 aromatic carbocycles. The van der Waals surface area contributed by atoms with E-state index in [1.54, 1.807) is 18.0 Å². The number of amides is 2. The van der Waals surface area contributed by atoms with Crippen molar-refractivity contribution in [1.82, 2.24) is 4.90 Å². The normalized spacial score (nSPS) is 17.8. The molecule has 4 rings (SSSR count). The zero-order chi connectivity index (χ0) is 19.0. The number of rotatable bonds is 5. The van der Waals surface area contributed by atoms with Gasteiger partial charge in [0.1, 0.15) is 11.9 Å². The van der Waals surface area contributed by atoms with Gasteiger partial charge >= 0.3 is 0 Å². The minimum Gasteiger partial charge on any atom is -0.488 e. The maximum atomic E-state index is 12.9. The SMILES string of the molecule is Cc1ccc(C(=O)N(C)C[C@@H]2Cc3ccccc3O2)cc1NC(=O)C1CC1. The van der Waals surface area contributed by atoms with Gasteiger partial charge in [-0.15, -0.1) is 0 Å². The first-order chi connectivity index (χ1) is 13.0. The topological polar surface area (TPSA) is 58.6 Å². The molecule has 0 spiro atoms. The van der Waals surface area contributed by atoms with Crippen LogP contribution in [-0.4, -0.2) is 36.4 Å². The Morgan fingerprint density at radius 2 is 1.96 bits per heavy atom. The Kier molecular flexibility index (Phi) is 4.60. The Morgan fingerprint density at radius 1 is 1.19 bits per heavy atom.